The van der Waals surface area contributed by atoms with E-state index in [-0.39, 0.29) is 28.4 Å². The maximum atomic E-state index is 12.6. The molecule has 1 aromatic carbocycles. The summed E-state index contributed by atoms with van der Waals surface area (Å²) < 4.78 is 6.09. The lowest BCUT2D eigenvalue weighted by Crippen LogP contribution is -2.41. The molecule has 1 amide bonds. The third-order valence-electron chi connectivity index (χ3n) is 7.01. The van der Waals surface area contributed by atoms with E-state index in [4.69, 9.17) is 9.73 Å². The fraction of sp³-hybridized carbons (Fsp3) is 0.667. The maximum absolute atomic E-state index is 12.6. The van der Waals surface area contributed by atoms with Gasteiger partial charge in [-0.05, 0) is 50.5 Å². The highest BCUT2D eigenvalue weighted by Gasteiger charge is 2.61. The van der Waals surface area contributed by atoms with Crippen molar-refractivity contribution in [2.45, 2.75) is 86.3 Å². The van der Waals surface area contributed by atoms with Gasteiger partial charge in [-0.15, -0.1) is 0 Å². The third kappa shape index (κ3) is 4.65. The monoisotopic (exact) mass is 386 g/mol. The van der Waals surface area contributed by atoms with Crippen LogP contribution in [0, 0.1) is 10.8 Å². The quantitative estimate of drug-likeness (QED) is 0.572. The Balaban J connectivity index is 1.98. The highest BCUT2D eigenvalue weighted by atomic mass is 16.5. The first-order valence-electron chi connectivity index (χ1n) is 10.6. The van der Waals surface area contributed by atoms with E-state index in [9.17, 15) is 4.79 Å². The molecule has 1 fully saturated rings. The van der Waals surface area contributed by atoms with Crippen LogP contribution in [0.2, 0.25) is 0 Å². The minimum Gasteiger partial charge on any atom is -0.373 e. The van der Waals surface area contributed by atoms with Gasteiger partial charge in [0.2, 0.25) is 0 Å². The van der Waals surface area contributed by atoms with Crippen LogP contribution in [0.4, 0.5) is 5.69 Å². The first-order valence-corrected chi connectivity index (χ1v) is 10.6. The Morgan fingerprint density at radius 2 is 1.61 bits per heavy atom. The molecule has 0 heterocycles. The van der Waals surface area contributed by atoms with Gasteiger partial charge in [0.1, 0.15) is 0 Å². The minimum atomic E-state index is -0.122. The summed E-state index contributed by atoms with van der Waals surface area (Å²) in [5, 5.41) is 3.10. The Hall–Kier alpha value is -1.68. The second-order valence-corrected chi connectivity index (χ2v) is 9.30. The van der Waals surface area contributed by atoms with Crippen LogP contribution in [0.15, 0.2) is 29.3 Å². The molecule has 1 aliphatic rings. The van der Waals surface area contributed by atoms with Crippen LogP contribution in [-0.2, 0) is 4.74 Å². The predicted octanol–water partition coefficient (Wildman–Crippen LogP) is 5.93. The summed E-state index contributed by atoms with van der Waals surface area (Å²) in [4.78, 5) is 17.4. The molecule has 1 aliphatic carbocycles. The molecule has 0 bridgehead atoms. The van der Waals surface area contributed by atoms with E-state index in [0.717, 1.165) is 24.9 Å². The molecule has 2 rings (SSSR count). The number of nitrogens with zero attached hydrogens (tertiary/aromatic N) is 1. The summed E-state index contributed by atoms with van der Waals surface area (Å²) in [6, 6.07) is 7.57. The molecule has 0 radical (unpaired) electrons. The molecule has 4 heteroatoms. The Labute approximate surface area is 171 Å². The molecular formula is C24H38N2O2. The lowest BCUT2D eigenvalue weighted by Gasteiger charge is -2.29. The number of carbonyl (C=O) groups excluding carboxylic acids is 1. The summed E-state index contributed by atoms with van der Waals surface area (Å²) in [6.07, 6.45) is 2.77. The van der Waals surface area contributed by atoms with E-state index in [1.165, 1.54) is 5.71 Å². The lowest BCUT2D eigenvalue weighted by molar-refractivity contribution is -0.0460. The van der Waals surface area contributed by atoms with Gasteiger partial charge in [0.15, 0.2) is 0 Å². The molecule has 1 atom stereocenters. The zero-order valence-corrected chi connectivity index (χ0v) is 19.0. The van der Waals surface area contributed by atoms with Gasteiger partial charge in [-0.2, -0.15) is 0 Å². The van der Waals surface area contributed by atoms with Gasteiger partial charge >= 0.3 is 0 Å². The number of rotatable bonds is 9. The summed E-state index contributed by atoms with van der Waals surface area (Å²) in [5.74, 6) is -0.0589. The predicted molar refractivity (Wildman–Crippen MR) is 118 cm³/mol. The number of hydrogen-bond donors (Lipinski definition) is 1. The fourth-order valence-corrected chi connectivity index (χ4v) is 3.38. The molecule has 0 saturated heterocycles. The highest BCUT2D eigenvalue weighted by Crippen LogP contribution is 2.60. The van der Waals surface area contributed by atoms with Gasteiger partial charge in [0.05, 0.1) is 23.9 Å². The number of carbonyl (C=O) groups is 1. The minimum absolute atomic E-state index is 0.0120. The maximum Gasteiger partial charge on any atom is 0.251 e. The van der Waals surface area contributed by atoms with E-state index in [0.29, 0.717) is 12.2 Å². The van der Waals surface area contributed by atoms with Crippen molar-refractivity contribution in [1.82, 2.24) is 5.32 Å². The number of aliphatic imine (C=N–C) groups is 1. The molecule has 1 unspecified atom stereocenters. The standard InChI is InChI=1S/C24H38N2O2/c1-9-18(16-28-24(8,10-2)11-3)25-20(27)17-12-14-19(15-13-17)26-21-22(4,5)23(21,6)7/h12-15,18H,9-11,16H2,1-8H3,(H,25,27). The van der Waals surface area contributed by atoms with Crippen molar-refractivity contribution in [3.05, 3.63) is 29.8 Å². The number of nitrogens with one attached hydrogen (secondary N) is 1. The van der Waals surface area contributed by atoms with E-state index in [2.05, 4.69) is 60.7 Å². The molecule has 1 saturated carbocycles. The molecule has 1 aromatic rings. The molecule has 1 N–H and O–H groups in total. The Morgan fingerprint density at radius 3 is 2.04 bits per heavy atom. The van der Waals surface area contributed by atoms with Crippen molar-refractivity contribution in [2.75, 3.05) is 6.61 Å². The third-order valence-corrected chi connectivity index (χ3v) is 7.01. The number of benzene rings is 1. The van der Waals surface area contributed by atoms with Crippen molar-refractivity contribution in [1.29, 1.82) is 0 Å². The smallest absolute Gasteiger partial charge is 0.251 e. The average Bonchev–Trinajstić information content (AvgIpc) is 3.07. The van der Waals surface area contributed by atoms with Crippen molar-refractivity contribution in [3.63, 3.8) is 0 Å². The molecule has 4 nitrogen and oxygen atoms in total. The first kappa shape index (κ1) is 22.6. The normalized spacial score (nSPS) is 18.5. The molecule has 28 heavy (non-hydrogen) atoms. The van der Waals surface area contributed by atoms with Crippen LogP contribution in [0.1, 0.15) is 85.0 Å². The zero-order chi connectivity index (χ0) is 21.2. The van der Waals surface area contributed by atoms with E-state index >= 15 is 0 Å². The first-order chi connectivity index (χ1) is 13.0. The van der Waals surface area contributed by atoms with Gasteiger partial charge < -0.3 is 10.1 Å². The van der Waals surface area contributed by atoms with Crippen molar-refractivity contribution in [3.8, 4) is 0 Å². The van der Waals surface area contributed by atoms with Crippen LogP contribution in [0.25, 0.3) is 0 Å². The van der Waals surface area contributed by atoms with Crippen LogP contribution in [0.5, 0.6) is 0 Å². The molecule has 0 spiro atoms. The van der Waals surface area contributed by atoms with E-state index in [1.807, 2.05) is 24.3 Å². The summed E-state index contributed by atoms with van der Waals surface area (Å²) >= 11 is 0. The zero-order valence-electron chi connectivity index (χ0n) is 19.0. The topological polar surface area (TPSA) is 50.7 Å². The number of ether oxygens (including phenoxy) is 1. The summed E-state index contributed by atoms with van der Waals surface area (Å²) in [7, 11) is 0. The second-order valence-electron chi connectivity index (χ2n) is 9.30. The molecule has 0 aliphatic heterocycles. The van der Waals surface area contributed by atoms with Gasteiger partial charge in [0, 0.05) is 22.1 Å². The SMILES string of the molecule is CCC(COC(C)(CC)CC)NC(=O)c1ccc(N=C2C(C)(C)C2(C)C)cc1. The highest BCUT2D eigenvalue weighted by molar-refractivity contribution is 6.12. The second kappa shape index (κ2) is 8.36. The number of hydrogen-bond acceptors (Lipinski definition) is 3. The van der Waals surface area contributed by atoms with Gasteiger partial charge in [-0.1, -0.05) is 48.5 Å². The van der Waals surface area contributed by atoms with Crippen molar-refractivity contribution >= 4 is 17.3 Å². The van der Waals surface area contributed by atoms with Crippen molar-refractivity contribution in [2.24, 2.45) is 15.8 Å². The van der Waals surface area contributed by atoms with Crippen LogP contribution >= 0.6 is 0 Å². The fourth-order valence-electron chi connectivity index (χ4n) is 3.38. The Morgan fingerprint density at radius 1 is 1.07 bits per heavy atom. The number of amides is 1. The van der Waals surface area contributed by atoms with Crippen LogP contribution in [0.3, 0.4) is 0 Å². The largest absolute Gasteiger partial charge is 0.373 e. The summed E-state index contributed by atoms with van der Waals surface area (Å²) in [6.45, 7) is 17.9. The van der Waals surface area contributed by atoms with E-state index in [1.54, 1.807) is 0 Å². The van der Waals surface area contributed by atoms with Crippen molar-refractivity contribution < 1.29 is 9.53 Å². The molecular weight excluding hydrogens is 348 g/mol. The van der Waals surface area contributed by atoms with Gasteiger partial charge in [-0.25, -0.2) is 0 Å². The van der Waals surface area contributed by atoms with Gasteiger partial charge in [0.25, 0.3) is 5.91 Å². The molecule has 156 valence electrons. The summed E-state index contributed by atoms with van der Waals surface area (Å²) in [5.41, 5.74) is 2.94. The Kier molecular flexibility index (Phi) is 6.75. The average molecular weight is 387 g/mol. The molecule has 0 aromatic heterocycles. The lowest BCUT2D eigenvalue weighted by atomic mass is 10.00. The van der Waals surface area contributed by atoms with Crippen LogP contribution < -0.4 is 5.32 Å². The van der Waals surface area contributed by atoms with Crippen LogP contribution in [-0.4, -0.2) is 29.9 Å². The van der Waals surface area contributed by atoms with Gasteiger partial charge in [-0.3, -0.25) is 9.79 Å². The Bertz CT molecular complexity index is 697. The van der Waals surface area contributed by atoms with E-state index < -0.39 is 0 Å².